The first-order valence-electron chi connectivity index (χ1n) is 10.9. The van der Waals surface area contributed by atoms with Crippen LogP contribution in [-0.2, 0) is 4.79 Å². The van der Waals surface area contributed by atoms with E-state index in [9.17, 15) is 20.2 Å². The maximum absolute atomic E-state index is 13.2. The molecule has 0 unspecified atom stereocenters. The van der Waals surface area contributed by atoms with Gasteiger partial charge in [-0.2, -0.15) is 5.26 Å². The lowest BCUT2D eigenvalue weighted by atomic mass is 9.69. The van der Waals surface area contributed by atoms with Crippen molar-refractivity contribution in [3.05, 3.63) is 56.4 Å². The number of carbonyl (C=O) groups is 1. The molecule has 0 aromatic heterocycles. The van der Waals surface area contributed by atoms with E-state index in [0.29, 0.717) is 40.9 Å². The summed E-state index contributed by atoms with van der Waals surface area (Å²) in [6, 6.07) is 7.48. The predicted molar refractivity (Wildman–Crippen MR) is 118 cm³/mol. The molecule has 2 heterocycles. The van der Waals surface area contributed by atoms with Gasteiger partial charge in [-0.05, 0) is 49.7 Å². The second kappa shape index (κ2) is 7.84. The molecule has 1 aromatic carbocycles. The highest BCUT2D eigenvalue weighted by Crippen LogP contribution is 2.47. The second-order valence-corrected chi connectivity index (χ2v) is 9.59. The number of allylic oxidation sites excluding steroid dienone is 4. The fraction of sp³-hybridized carbons (Fsp3) is 0.500. The van der Waals surface area contributed by atoms with Gasteiger partial charge in [-0.25, -0.2) is 0 Å². The minimum Gasteiger partial charge on any atom is -0.366 e. The molecule has 7 nitrogen and oxygen atoms in total. The van der Waals surface area contributed by atoms with Gasteiger partial charge in [0.15, 0.2) is 5.78 Å². The Morgan fingerprint density at radius 1 is 1.23 bits per heavy atom. The van der Waals surface area contributed by atoms with Gasteiger partial charge >= 0.3 is 0 Å². The van der Waals surface area contributed by atoms with Gasteiger partial charge in [0.05, 0.1) is 22.5 Å². The highest BCUT2D eigenvalue weighted by atomic mass is 16.6. The van der Waals surface area contributed by atoms with E-state index in [0.717, 1.165) is 38.0 Å². The summed E-state index contributed by atoms with van der Waals surface area (Å²) in [6.45, 7) is 7.56. The molecule has 2 aliphatic heterocycles. The van der Waals surface area contributed by atoms with Crippen LogP contribution < -0.4 is 10.2 Å². The zero-order valence-electron chi connectivity index (χ0n) is 18.3. The summed E-state index contributed by atoms with van der Waals surface area (Å²) in [5, 5.41) is 25.1. The lowest BCUT2D eigenvalue weighted by Gasteiger charge is -2.38. The summed E-state index contributed by atoms with van der Waals surface area (Å²) in [5.74, 6) is -0.564. The van der Waals surface area contributed by atoms with Crippen molar-refractivity contribution in [2.75, 3.05) is 18.0 Å². The van der Waals surface area contributed by atoms with Crippen molar-refractivity contribution in [2.45, 2.75) is 58.8 Å². The molecule has 1 N–H and O–H groups in total. The molecule has 1 saturated heterocycles. The number of Topliss-reactive ketones (excluding diaryl/α,β-unsaturated/α-hetero) is 1. The number of nitriles is 1. The van der Waals surface area contributed by atoms with E-state index in [2.05, 4.69) is 30.1 Å². The Hall–Kier alpha value is -3.14. The first-order valence-corrected chi connectivity index (χ1v) is 10.9. The molecule has 3 aliphatic rings. The third-order valence-electron chi connectivity index (χ3n) is 6.59. The number of nitro groups is 1. The fourth-order valence-electron chi connectivity index (χ4n) is 5.19. The molecule has 4 rings (SSSR count). The van der Waals surface area contributed by atoms with Crippen molar-refractivity contribution in [1.82, 2.24) is 5.32 Å². The van der Waals surface area contributed by atoms with Gasteiger partial charge in [0.1, 0.15) is 5.69 Å². The minimum atomic E-state index is -0.570. The molecule has 1 aromatic rings. The number of hydrogen-bond donors (Lipinski definition) is 1. The SMILES string of the molecule is CC1=C(C#N)[C@H](c2ccc(N3CCCCC3)c([N+](=O)[O-])c2)C2=C(CC(C)(C)CC2=O)N1. The lowest BCUT2D eigenvalue weighted by Crippen LogP contribution is -2.37. The number of ketones is 1. The molecule has 1 fully saturated rings. The molecule has 0 spiro atoms. The number of anilines is 1. The van der Waals surface area contributed by atoms with Crippen molar-refractivity contribution in [3.8, 4) is 6.07 Å². The first kappa shape index (κ1) is 21.1. The number of hydrogen-bond acceptors (Lipinski definition) is 6. The molecule has 0 saturated carbocycles. The van der Waals surface area contributed by atoms with Gasteiger partial charge in [0.2, 0.25) is 0 Å². The van der Waals surface area contributed by atoms with E-state index in [1.807, 2.05) is 13.0 Å². The number of nitrogens with one attached hydrogen (secondary N) is 1. The maximum atomic E-state index is 13.2. The molecule has 1 aliphatic carbocycles. The lowest BCUT2D eigenvalue weighted by molar-refractivity contribution is -0.384. The Morgan fingerprint density at radius 3 is 2.58 bits per heavy atom. The number of rotatable bonds is 3. The quantitative estimate of drug-likeness (QED) is 0.561. The maximum Gasteiger partial charge on any atom is 0.292 e. The molecule has 0 bridgehead atoms. The van der Waals surface area contributed by atoms with E-state index >= 15 is 0 Å². The van der Waals surface area contributed by atoms with Gasteiger partial charge in [-0.15, -0.1) is 0 Å². The second-order valence-electron chi connectivity index (χ2n) is 9.59. The Balaban J connectivity index is 1.84. The van der Waals surface area contributed by atoms with E-state index in [1.165, 1.54) is 0 Å². The van der Waals surface area contributed by atoms with Crippen LogP contribution in [0.4, 0.5) is 11.4 Å². The van der Waals surface area contributed by atoms with Gasteiger partial charge in [0.25, 0.3) is 5.69 Å². The third kappa shape index (κ3) is 3.83. The summed E-state index contributed by atoms with van der Waals surface area (Å²) in [5.41, 5.74) is 3.71. The van der Waals surface area contributed by atoms with Crippen LogP contribution in [0, 0.1) is 26.9 Å². The standard InChI is InChI=1S/C24H28N4O3/c1-15-17(14-25)22(23-18(26-15)12-24(2,3)13-21(23)29)16-7-8-19(20(11-16)28(30)31)27-9-5-4-6-10-27/h7-8,11,22,26H,4-6,9-10,12-13H2,1-3H3/t22-/m0/s1. The normalized spacial score (nSPS) is 23.2. The van der Waals surface area contributed by atoms with E-state index in [1.54, 1.807) is 12.1 Å². The largest absolute Gasteiger partial charge is 0.366 e. The minimum absolute atomic E-state index is 0.00626. The van der Waals surface area contributed by atoms with Gasteiger partial charge < -0.3 is 10.2 Å². The van der Waals surface area contributed by atoms with Crippen LogP contribution in [-0.4, -0.2) is 23.8 Å². The van der Waals surface area contributed by atoms with Crippen LogP contribution in [0.2, 0.25) is 0 Å². The monoisotopic (exact) mass is 420 g/mol. The van der Waals surface area contributed by atoms with Crippen molar-refractivity contribution in [1.29, 1.82) is 5.26 Å². The van der Waals surface area contributed by atoms with Crippen molar-refractivity contribution >= 4 is 17.2 Å². The van der Waals surface area contributed by atoms with Crippen LogP contribution in [0.5, 0.6) is 0 Å². The predicted octanol–water partition coefficient (Wildman–Crippen LogP) is 4.71. The third-order valence-corrected chi connectivity index (χ3v) is 6.59. The summed E-state index contributed by atoms with van der Waals surface area (Å²) >= 11 is 0. The van der Waals surface area contributed by atoms with Crippen molar-refractivity contribution < 1.29 is 9.72 Å². The summed E-state index contributed by atoms with van der Waals surface area (Å²) < 4.78 is 0. The first-order chi connectivity index (χ1) is 14.7. The smallest absolute Gasteiger partial charge is 0.292 e. The fourth-order valence-corrected chi connectivity index (χ4v) is 5.19. The number of carbonyl (C=O) groups excluding carboxylic acids is 1. The Bertz CT molecular complexity index is 1060. The van der Waals surface area contributed by atoms with E-state index in [4.69, 9.17) is 0 Å². The van der Waals surface area contributed by atoms with Crippen molar-refractivity contribution in [2.24, 2.45) is 5.41 Å². The number of dihydropyridines is 1. The van der Waals surface area contributed by atoms with Crippen LogP contribution in [0.25, 0.3) is 0 Å². The van der Waals surface area contributed by atoms with E-state index in [-0.39, 0.29) is 21.8 Å². The number of nitro benzene ring substituents is 1. The molecule has 31 heavy (non-hydrogen) atoms. The van der Waals surface area contributed by atoms with Crippen LogP contribution >= 0.6 is 0 Å². The Kier molecular flexibility index (Phi) is 5.34. The van der Waals surface area contributed by atoms with Gasteiger partial charge in [0, 0.05) is 42.5 Å². The molecule has 0 amide bonds. The van der Waals surface area contributed by atoms with Crippen LogP contribution in [0.3, 0.4) is 0 Å². The molecule has 162 valence electrons. The van der Waals surface area contributed by atoms with Gasteiger partial charge in [-0.1, -0.05) is 19.9 Å². The Labute approximate surface area is 182 Å². The average Bonchev–Trinajstić information content (AvgIpc) is 2.72. The van der Waals surface area contributed by atoms with Crippen LogP contribution in [0.1, 0.15) is 64.4 Å². The molecule has 7 heteroatoms. The summed E-state index contributed by atoms with van der Waals surface area (Å²) in [7, 11) is 0. The number of piperidine rings is 1. The summed E-state index contributed by atoms with van der Waals surface area (Å²) in [6.07, 6.45) is 4.29. The highest BCUT2D eigenvalue weighted by molar-refractivity contribution is 6.00. The summed E-state index contributed by atoms with van der Waals surface area (Å²) in [4.78, 5) is 26.8. The van der Waals surface area contributed by atoms with Crippen molar-refractivity contribution in [3.63, 3.8) is 0 Å². The molecule has 1 atom stereocenters. The Morgan fingerprint density at radius 2 is 1.94 bits per heavy atom. The topological polar surface area (TPSA) is 99.3 Å². The zero-order valence-corrected chi connectivity index (χ0v) is 18.3. The molecular weight excluding hydrogens is 392 g/mol. The number of benzene rings is 1. The van der Waals surface area contributed by atoms with E-state index < -0.39 is 5.92 Å². The zero-order chi connectivity index (χ0) is 22.3. The van der Waals surface area contributed by atoms with Gasteiger partial charge in [-0.3, -0.25) is 14.9 Å². The molecule has 0 radical (unpaired) electrons. The number of nitrogens with zero attached hydrogens (tertiary/aromatic N) is 3. The average molecular weight is 421 g/mol. The molecular formula is C24H28N4O3. The highest BCUT2D eigenvalue weighted by Gasteiger charge is 2.41. The van der Waals surface area contributed by atoms with Crippen LogP contribution in [0.15, 0.2) is 40.7 Å².